The molecule has 0 spiro atoms. The first kappa shape index (κ1) is 29.7. The second kappa shape index (κ2) is 13.8. The first-order chi connectivity index (χ1) is 18.2. The van der Waals surface area contributed by atoms with Crippen LogP contribution >= 0.6 is 34.5 Å². The van der Waals surface area contributed by atoms with Crippen LogP contribution in [0.5, 0.6) is 0 Å². The van der Waals surface area contributed by atoms with Crippen molar-refractivity contribution in [2.75, 3.05) is 25.6 Å². The Morgan fingerprint density at radius 3 is 2.61 bits per heavy atom. The van der Waals surface area contributed by atoms with Crippen LogP contribution in [0, 0.1) is 5.82 Å². The van der Waals surface area contributed by atoms with Crippen LogP contribution in [-0.4, -0.2) is 42.3 Å². The van der Waals surface area contributed by atoms with E-state index in [2.05, 4.69) is 10.3 Å². The van der Waals surface area contributed by atoms with Crippen molar-refractivity contribution < 1.29 is 28.6 Å². The number of methoxy groups -OCH3 is 1. The molecule has 38 heavy (non-hydrogen) atoms. The van der Waals surface area contributed by atoms with Gasteiger partial charge < -0.3 is 14.6 Å². The fourth-order valence-corrected chi connectivity index (χ4v) is 4.97. The summed E-state index contributed by atoms with van der Waals surface area (Å²) >= 11 is 13.7. The number of carboxylic acid groups (broad SMARTS) is 1. The zero-order chi connectivity index (χ0) is 27.8. The quantitative estimate of drug-likeness (QED) is 0.170. The van der Waals surface area contributed by atoms with Gasteiger partial charge in [0.25, 0.3) is 5.91 Å². The van der Waals surface area contributed by atoms with Gasteiger partial charge in [-0.2, -0.15) is 0 Å². The third-order valence-electron chi connectivity index (χ3n) is 5.66. The van der Waals surface area contributed by atoms with E-state index < -0.39 is 23.8 Å². The SMILES string of the molecule is CCOCCCC(OC)c1cccc(-c2csc(NC(=O)c3cc(Cl)c(C=C(C)C(=O)O)c(Cl)c3)n2)c1F. The Morgan fingerprint density at radius 2 is 1.97 bits per heavy atom. The molecule has 0 radical (unpaired) electrons. The van der Waals surface area contributed by atoms with Gasteiger partial charge in [0, 0.05) is 53.5 Å². The zero-order valence-electron chi connectivity index (χ0n) is 21.0. The predicted octanol–water partition coefficient (Wildman–Crippen LogP) is 7.50. The molecule has 1 heterocycles. The average Bonchev–Trinajstić information content (AvgIpc) is 3.34. The van der Waals surface area contributed by atoms with Gasteiger partial charge in [-0.1, -0.05) is 35.3 Å². The van der Waals surface area contributed by atoms with E-state index >= 15 is 4.39 Å². The molecule has 0 aliphatic rings. The first-order valence-electron chi connectivity index (χ1n) is 11.7. The predicted molar refractivity (Wildman–Crippen MR) is 149 cm³/mol. The summed E-state index contributed by atoms with van der Waals surface area (Å²) in [6, 6.07) is 7.83. The number of nitrogens with zero attached hydrogens (tertiary/aromatic N) is 1. The van der Waals surface area contributed by atoms with Gasteiger partial charge in [-0.15, -0.1) is 11.3 Å². The molecule has 3 rings (SSSR count). The van der Waals surface area contributed by atoms with Crippen molar-refractivity contribution in [3.8, 4) is 11.3 Å². The number of hydrogen-bond acceptors (Lipinski definition) is 6. The number of aliphatic carboxylic acids is 1. The summed E-state index contributed by atoms with van der Waals surface area (Å²) in [6.07, 6.45) is 2.23. The van der Waals surface area contributed by atoms with Crippen LogP contribution in [0.4, 0.5) is 9.52 Å². The van der Waals surface area contributed by atoms with Crippen molar-refractivity contribution >= 4 is 57.6 Å². The van der Waals surface area contributed by atoms with Crippen molar-refractivity contribution in [1.82, 2.24) is 4.98 Å². The summed E-state index contributed by atoms with van der Waals surface area (Å²) in [5, 5.41) is 13.9. The second-order valence-electron chi connectivity index (χ2n) is 8.25. The van der Waals surface area contributed by atoms with Crippen molar-refractivity contribution in [1.29, 1.82) is 0 Å². The third kappa shape index (κ3) is 7.39. The maximum Gasteiger partial charge on any atom is 0.331 e. The highest BCUT2D eigenvalue weighted by molar-refractivity contribution is 7.14. The lowest BCUT2D eigenvalue weighted by molar-refractivity contribution is -0.132. The van der Waals surface area contributed by atoms with Gasteiger partial charge in [-0.25, -0.2) is 14.2 Å². The van der Waals surface area contributed by atoms with Gasteiger partial charge in [-0.05, 0) is 51.0 Å². The highest BCUT2D eigenvalue weighted by atomic mass is 35.5. The Morgan fingerprint density at radius 1 is 1.26 bits per heavy atom. The minimum Gasteiger partial charge on any atom is -0.478 e. The van der Waals surface area contributed by atoms with Crippen LogP contribution < -0.4 is 5.32 Å². The Balaban J connectivity index is 1.78. The van der Waals surface area contributed by atoms with Gasteiger partial charge in [0.05, 0.1) is 21.8 Å². The van der Waals surface area contributed by atoms with Crippen molar-refractivity contribution in [2.45, 2.75) is 32.8 Å². The maximum absolute atomic E-state index is 15.5. The third-order valence-corrected chi connectivity index (χ3v) is 7.04. The van der Waals surface area contributed by atoms with E-state index in [0.29, 0.717) is 42.0 Å². The molecule has 1 atom stereocenters. The van der Waals surface area contributed by atoms with Gasteiger partial charge in [-0.3, -0.25) is 10.1 Å². The zero-order valence-corrected chi connectivity index (χ0v) is 23.3. The molecule has 1 aromatic heterocycles. The number of benzene rings is 2. The largest absolute Gasteiger partial charge is 0.478 e. The molecule has 1 amide bonds. The van der Waals surface area contributed by atoms with Crippen molar-refractivity contribution in [2.24, 2.45) is 0 Å². The van der Waals surface area contributed by atoms with Gasteiger partial charge in [0.2, 0.25) is 0 Å². The summed E-state index contributed by atoms with van der Waals surface area (Å²) in [7, 11) is 1.54. The Labute approximate surface area is 234 Å². The van der Waals surface area contributed by atoms with Crippen molar-refractivity contribution in [3.63, 3.8) is 0 Å². The molecule has 0 bridgehead atoms. The molecule has 0 aliphatic heterocycles. The second-order valence-corrected chi connectivity index (χ2v) is 9.92. The molecular formula is C27H27Cl2FN2O5S. The number of amides is 1. The Kier molecular flexibility index (Phi) is 10.8. The molecule has 0 fully saturated rings. The number of carbonyl (C=O) groups is 2. The minimum atomic E-state index is -1.11. The smallest absolute Gasteiger partial charge is 0.331 e. The topological polar surface area (TPSA) is 97.8 Å². The summed E-state index contributed by atoms with van der Waals surface area (Å²) in [5.41, 5.74) is 1.59. The molecule has 3 aromatic rings. The highest BCUT2D eigenvalue weighted by Gasteiger charge is 2.20. The normalized spacial score (nSPS) is 12.4. The van der Waals surface area contributed by atoms with Gasteiger partial charge >= 0.3 is 5.97 Å². The highest BCUT2D eigenvalue weighted by Crippen LogP contribution is 2.34. The van der Waals surface area contributed by atoms with Crippen LogP contribution in [0.2, 0.25) is 10.0 Å². The van der Waals surface area contributed by atoms with Crippen LogP contribution in [0.25, 0.3) is 17.3 Å². The molecule has 0 saturated carbocycles. The standard InChI is InChI=1S/C27H27Cl2FN2O5S/c1-4-37-10-6-9-23(36-3)18-8-5-7-17(24(18)30)22-14-38-27(31-22)32-25(33)16-12-20(28)19(21(29)13-16)11-15(2)26(34)35/h5,7-8,11-14,23H,4,6,9-10H2,1-3H3,(H,34,35)(H,31,32,33). The molecular weight excluding hydrogens is 554 g/mol. The molecule has 0 saturated heterocycles. The number of ether oxygens (including phenoxy) is 2. The van der Waals surface area contributed by atoms with Gasteiger partial charge in [0.1, 0.15) is 5.82 Å². The lowest BCUT2D eigenvalue weighted by Gasteiger charge is -2.17. The van der Waals surface area contributed by atoms with E-state index in [9.17, 15) is 9.59 Å². The van der Waals surface area contributed by atoms with E-state index in [1.54, 1.807) is 30.7 Å². The fraction of sp³-hybridized carbons (Fsp3) is 0.296. The Bertz CT molecular complexity index is 1320. The average molecular weight is 581 g/mol. The molecule has 0 aliphatic carbocycles. The number of carboxylic acids is 1. The van der Waals surface area contributed by atoms with Gasteiger partial charge in [0.15, 0.2) is 5.13 Å². The Hall–Kier alpha value is -2.82. The van der Waals surface area contributed by atoms with Crippen LogP contribution in [-0.2, 0) is 14.3 Å². The molecule has 1 unspecified atom stereocenters. The number of carbonyl (C=O) groups excluding carboxylic acids is 1. The first-order valence-corrected chi connectivity index (χ1v) is 13.4. The number of hydrogen-bond donors (Lipinski definition) is 2. The summed E-state index contributed by atoms with van der Waals surface area (Å²) in [6.45, 7) is 4.53. The minimum absolute atomic E-state index is 0.0416. The van der Waals surface area contributed by atoms with Crippen molar-refractivity contribution in [3.05, 3.63) is 73.8 Å². The molecule has 2 aromatic carbocycles. The van der Waals surface area contributed by atoms with E-state index in [0.717, 1.165) is 17.8 Å². The van der Waals surface area contributed by atoms with E-state index in [4.69, 9.17) is 37.8 Å². The molecule has 11 heteroatoms. The van der Waals surface area contributed by atoms with Crippen LogP contribution in [0.1, 0.15) is 54.3 Å². The number of rotatable bonds is 12. The fourth-order valence-electron chi connectivity index (χ4n) is 3.67. The number of nitrogens with one attached hydrogen (secondary N) is 1. The molecule has 202 valence electrons. The summed E-state index contributed by atoms with van der Waals surface area (Å²) in [4.78, 5) is 28.3. The van der Waals surface area contributed by atoms with E-state index in [1.807, 2.05) is 6.92 Å². The molecule has 7 nitrogen and oxygen atoms in total. The number of anilines is 1. The maximum atomic E-state index is 15.5. The molecule has 2 N–H and O–H groups in total. The van der Waals surface area contributed by atoms with Crippen LogP contribution in [0.15, 0.2) is 41.3 Å². The van der Waals surface area contributed by atoms with E-state index in [-0.39, 0.29) is 26.3 Å². The lowest BCUT2D eigenvalue weighted by atomic mass is 10.00. The number of aromatic nitrogens is 1. The monoisotopic (exact) mass is 580 g/mol. The summed E-state index contributed by atoms with van der Waals surface area (Å²) < 4.78 is 26.4. The van der Waals surface area contributed by atoms with Crippen LogP contribution in [0.3, 0.4) is 0 Å². The lowest BCUT2D eigenvalue weighted by Crippen LogP contribution is -2.12. The summed E-state index contributed by atoms with van der Waals surface area (Å²) in [5.74, 6) is -2.07. The number of halogens is 3. The number of thiazole rings is 1. The van der Waals surface area contributed by atoms with E-state index in [1.165, 1.54) is 25.1 Å².